The van der Waals surface area contributed by atoms with Crippen molar-refractivity contribution in [3.63, 3.8) is 0 Å². The molecule has 20 heavy (non-hydrogen) atoms. The van der Waals surface area contributed by atoms with Gasteiger partial charge in [0.05, 0.1) is 12.2 Å². The van der Waals surface area contributed by atoms with Crippen LogP contribution in [0.5, 0.6) is 0 Å². The second-order valence-corrected chi connectivity index (χ2v) is 6.98. The van der Waals surface area contributed by atoms with Crippen LogP contribution >= 0.6 is 11.8 Å². The summed E-state index contributed by atoms with van der Waals surface area (Å²) in [5.74, 6) is 2.41. The average Bonchev–Trinajstić information content (AvgIpc) is 2.93. The van der Waals surface area contributed by atoms with E-state index < -0.39 is 0 Å². The zero-order valence-corrected chi connectivity index (χ0v) is 12.6. The van der Waals surface area contributed by atoms with Gasteiger partial charge in [-0.3, -0.25) is 0 Å². The third kappa shape index (κ3) is 3.37. The molecule has 2 fully saturated rings. The summed E-state index contributed by atoms with van der Waals surface area (Å²) in [5.41, 5.74) is 2.41. The van der Waals surface area contributed by atoms with Crippen molar-refractivity contribution in [2.45, 2.75) is 44.1 Å². The van der Waals surface area contributed by atoms with Gasteiger partial charge in [0, 0.05) is 24.9 Å². The zero-order valence-electron chi connectivity index (χ0n) is 11.8. The Morgan fingerprint density at radius 3 is 2.80 bits per heavy atom. The lowest BCUT2D eigenvalue weighted by Crippen LogP contribution is -2.47. The van der Waals surface area contributed by atoms with Crippen molar-refractivity contribution in [3.05, 3.63) is 35.4 Å². The first kappa shape index (κ1) is 14.4. The van der Waals surface area contributed by atoms with Crippen molar-refractivity contribution in [2.75, 3.05) is 18.1 Å². The molecule has 1 aromatic rings. The second kappa shape index (κ2) is 6.48. The van der Waals surface area contributed by atoms with Crippen LogP contribution in [0.2, 0.25) is 0 Å². The molecule has 4 heteroatoms. The molecule has 2 saturated heterocycles. The molecule has 0 radical (unpaired) electrons. The summed E-state index contributed by atoms with van der Waals surface area (Å²) in [7, 11) is 0. The second-order valence-electron chi connectivity index (χ2n) is 5.88. The molecular formula is C16H23NO2S. The fourth-order valence-electron chi connectivity index (χ4n) is 3.09. The van der Waals surface area contributed by atoms with Crippen molar-refractivity contribution in [1.82, 2.24) is 5.32 Å². The van der Waals surface area contributed by atoms with E-state index in [1.165, 1.54) is 17.7 Å². The highest BCUT2D eigenvalue weighted by Crippen LogP contribution is 2.38. The molecule has 0 amide bonds. The number of rotatable bonds is 4. The number of ether oxygens (including phenoxy) is 1. The van der Waals surface area contributed by atoms with Crippen LogP contribution in [0, 0.1) is 0 Å². The third-order valence-corrected chi connectivity index (χ3v) is 5.58. The van der Waals surface area contributed by atoms with Gasteiger partial charge in [0.25, 0.3) is 0 Å². The Morgan fingerprint density at radius 2 is 2.10 bits per heavy atom. The number of aliphatic hydroxyl groups is 1. The highest BCUT2D eigenvalue weighted by Gasteiger charge is 2.40. The first-order valence-corrected chi connectivity index (χ1v) is 8.59. The van der Waals surface area contributed by atoms with E-state index in [4.69, 9.17) is 9.84 Å². The lowest BCUT2D eigenvalue weighted by atomic mass is 9.90. The maximum absolute atomic E-state index is 9.05. The van der Waals surface area contributed by atoms with Gasteiger partial charge in [-0.15, -0.1) is 0 Å². The van der Waals surface area contributed by atoms with Crippen LogP contribution in [0.25, 0.3) is 0 Å². The van der Waals surface area contributed by atoms with Crippen molar-refractivity contribution in [1.29, 1.82) is 0 Å². The minimum atomic E-state index is 0.119. The lowest BCUT2D eigenvalue weighted by Gasteiger charge is -2.38. The first-order chi connectivity index (χ1) is 9.80. The van der Waals surface area contributed by atoms with Crippen molar-refractivity contribution < 1.29 is 9.84 Å². The molecule has 0 saturated carbocycles. The molecule has 1 spiro atoms. The molecule has 3 rings (SSSR count). The molecule has 3 nitrogen and oxygen atoms in total. The average molecular weight is 293 g/mol. The summed E-state index contributed by atoms with van der Waals surface area (Å²) in [6, 6.07) is 8.75. The molecule has 2 N–H and O–H groups in total. The lowest BCUT2D eigenvalue weighted by molar-refractivity contribution is -0.0703. The van der Waals surface area contributed by atoms with Crippen molar-refractivity contribution >= 4 is 11.8 Å². The molecule has 2 aliphatic heterocycles. The van der Waals surface area contributed by atoms with E-state index in [-0.39, 0.29) is 12.2 Å². The van der Waals surface area contributed by atoms with Crippen LogP contribution in [0.4, 0.5) is 0 Å². The maximum atomic E-state index is 9.05. The molecule has 0 bridgehead atoms. The van der Waals surface area contributed by atoms with Gasteiger partial charge in [-0.25, -0.2) is 0 Å². The Hall–Kier alpha value is -0.550. The molecule has 2 heterocycles. The Bertz CT molecular complexity index is 429. The van der Waals surface area contributed by atoms with E-state index in [2.05, 4.69) is 17.4 Å². The number of benzene rings is 1. The van der Waals surface area contributed by atoms with Crippen molar-refractivity contribution in [2.24, 2.45) is 0 Å². The smallest absolute Gasteiger partial charge is 0.0795 e. The normalized spacial score (nSPS) is 29.9. The van der Waals surface area contributed by atoms with Crippen LogP contribution in [0.15, 0.2) is 24.3 Å². The summed E-state index contributed by atoms with van der Waals surface area (Å²) in [5, 5.41) is 12.7. The van der Waals surface area contributed by atoms with Gasteiger partial charge in [-0.2, -0.15) is 11.8 Å². The number of nitrogens with one attached hydrogen (secondary N) is 1. The summed E-state index contributed by atoms with van der Waals surface area (Å²) in [4.78, 5) is 0. The number of thioether (sulfide) groups is 1. The van der Waals surface area contributed by atoms with Gasteiger partial charge in [-0.05, 0) is 36.1 Å². The Labute approximate surface area is 125 Å². The molecule has 0 aromatic heterocycles. The molecule has 1 aromatic carbocycles. The van der Waals surface area contributed by atoms with Crippen LogP contribution in [-0.2, 0) is 17.9 Å². The maximum Gasteiger partial charge on any atom is 0.0795 e. The van der Waals surface area contributed by atoms with Gasteiger partial charge in [0.1, 0.15) is 0 Å². The molecule has 110 valence electrons. The Morgan fingerprint density at radius 1 is 1.30 bits per heavy atom. The van der Waals surface area contributed by atoms with Crippen LogP contribution in [0.1, 0.15) is 30.4 Å². The third-order valence-electron chi connectivity index (χ3n) is 4.36. The van der Waals surface area contributed by atoms with Gasteiger partial charge >= 0.3 is 0 Å². The first-order valence-electron chi connectivity index (χ1n) is 7.43. The predicted octanol–water partition coefficient (Wildman–Crippen LogP) is 2.32. The Balaban J connectivity index is 1.52. The standard InChI is InChI=1S/C16H23NO2S/c18-11-14-3-1-13(2-4-14)10-17-15-5-7-19-16(9-15)6-8-20-12-16/h1-4,15,17-18H,5-12H2. The van der Waals surface area contributed by atoms with Gasteiger partial charge in [0.15, 0.2) is 0 Å². The largest absolute Gasteiger partial charge is 0.392 e. The van der Waals surface area contributed by atoms with E-state index >= 15 is 0 Å². The van der Waals surface area contributed by atoms with E-state index in [1.807, 2.05) is 23.9 Å². The predicted molar refractivity (Wildman–Crippen MR) is 82.9 cm³/mol. The van der Waals surface area contributed by atoms with Gasteiger partial charge in [0.2, 0.25) is 0 Å². The number of hydrogen-bond acceptors (Lipinski definition) is 4. The van der Waals surface area contributed by atoms with Gasteiger partial charge < -0.3 is 15.2 Å². The zero-order chi connectivity index (χ0) is 13.8. The highest BCUT2D eigenvalue weighted by molar-refractivity contribution is 7.99. The van der Waals surface area contributed by atoms with E-state index in [0.717, 1.165) is 37.3 Å². The fraction of sp³-hybridized carbons (Fsp3) is 0.625. The molecule has 2 atom stereocenters. The van der Waals surface area contributed by atoms with Crippen LogP contribution in [0.3, 0.4) is 0 Å². The molecule has 2 unspecified atom stereocenters. The SMILES string of the molecule is OCc1ccc(CNC2CCOC3(CCSC3)C2)cc1. The fourth-order valence-corrected chi connectivity index (χ4v) is 4.47. The molecule has 0 aliphatic carbocycles. The minimum Gasteiger partial charge on any atom is -0.392 e. The summed E-state index contributed by atoms with van der Waals surface area (Å²) >= 11 is 2.02. The van der Waals surface area contributed by atoms with Crippen LogP contribution in [-0.4, -0.2) is 34.9 Å². The van der Waals surface area contributed by atoms with Gasteiger partial charge in [-0.1, -0.05) is 24.3 Å². The Kier molecular flexibility index (Phi) is 4.66. The minimum absolute atomic E-state index is 0.119. The van der Waals surface area contributed by atoms with E-state index in [1.54, 1.807) is 0 Å². The quantitative estimate of drug-likeness (QED) is 0.894. The van der Waals surface area contributed by atoms with Crippen LogP contribution < -0.4 is 5.32 Å². The highest BCUT2D eigenvalue weighted by atomic mass is 32.2. The van der Waals surface area contributed by atoms with Crippen molar-refractivity contribution in [3.8, 4) is 0 Å². The summed E-state index contributed by atoms with van der Waals surface area (Å²) in [6.45, 7) is 1.91. The summed E-state index contributed by atoms with van der Waals surface area (Å²) in [6.07, 6.45) is 3.47. The summed E-state index contributed by atoms with van der Waals surface area (Å²) < 4.78 is 6.05. The molecule has 2 aliphatic rings. The number of aliphatic hydroxyl groups excluding tert-OH is 1. The topological polar surface area (TPSA) is 41.5 Å². The van der Waals surface area contributed by atoms with E-state index in [0.29, 0.717) is 6.04 Å². The van der Waals surface area contributed by atoms with E-state index in [9.17, 15) is 0 Å². The number of hydrogen-bond donors (Lipinski definition) is 2. The monoisotopic (exact) mass is 293 g/mol. The molecular weight excluding hydrogens is 270 g/mol.